The van der Waals surface area contributed by atoms with Gasteiger partial charge in [0.15, 0.2) is 0 Å². The summed E-state index contributed by atoms with van der Waals surface area (Å²) in [5, 5.41) is 11.7. The molecule has 6 heteroatoms. The zero-order chi connectivity index (χ0) is 11.5. The van der Waals surface area contributed by atoms with Gasteiger partial charge in [-0.2, -0.15) is 0 Å². The van der Waals surface area contributed by atoms with Gasteiger partial charge in [0, 0.05) is 6.54 Å². The smallest absolute Gasteiger partial charge is 0.0824 e. The van der Waals surface area contributed by atoms with Gasteiger partial charge in [-0.15, -0.1) is 5.10 Å². The van der Waals surface area contributed by atoms with Crippen LogP contribution in [0.5, 0.6) is 0 Å². The fraction of sp³-hybridized carbons (Fsp3) is 0.200. The zero-order valence-electron chi connectivity index (χ0n) is 8.61. The van der Waals surface area contributed by atoms with Crippen LogP contribution < -0.4 is 5.32 Å². The maximum Gasteiger partial charge on any atom is 0.0824 e. The fourth-order valence-electron chi connectivity index (χ4n) is 1.42. The predicted molar refractivity (Wildman–Crippen MR) is 66.8 cm³/mol. The topological polar surface area (TPSA) is 42.7 Å². The third-order valence-electron chi connectivity index (χ3n) is 2.14. The molecule has 0 aliphatic carbocycles. The van der Waals surface area contributed by atoms with Gasteiger partial charge in [0.25, 0.3) is 0 Å². The summed E-state index contributed by atoms with van der Waals surface area (Å²) in [6.45, 7) is 0.700. The summed E-state index contributed by atoms with van der Waals surface area (Å²) in [5.74, 6) is 0. The Labute approximate surface area is 107 Å². The summed E-state index contributed by atoms with van der Waals surface area (Å²) < 4.78 is 2.58. The summed E-state index contributed by atoms with van der Waals surface area (Å²) in [4.78, 5) is 0. The Kier molecular flexibility index (Phi) is 3.58. The average Bonchev–Trinajstić information content (AvgIpc) is 2.71. The number of nitrogens with zero attached hydrogens (tertiary/aromatic N) is 3. The van der Waals surface area contributed by atoms with E-state index in [1.54, 1.807) is 10.9 Å². The van der Waals surface area contributed by atoms with Crippen molar-refractivity contribution in [2.24, 2.45) is 0 Å². The molecule has 1 N–H and O–H groups in total. The molecule has 0 unspecified atom stereocenters. The van der Waals surface area contributed by atoms with Crippen molar-refractivity contribution in [2.45, 2.75) is 6.54 Å². The quantitative estimate of drug-likeness (QED) is 0.946. The highest BCUT2D eigenvalue weighted by Gasteiger charge is 2.10. The van der Waals surface area contributed by atoms with Crippen molar-refractivity contribution in [1.29, 1.82) is 0 Å². The summed E-state index contributed by atoms with van der Waals surface area (Å²) in [6.07, 6.45) is 1.73. The van der Waals surface area contributed by atoms with Crippen molar-refractivity contribution >= 4 is 27.5 Å². The summed E-state index contributed by atoms with van der Waals surface area (Å²) >= 11 is 9.48. The van der Waals surface area contributed by atoms with Crippen molar-refractivity contribution < 1.29 is 0 Å². The monoisotopic (exact) mass is 300 g/mol. The Balaban J connectivity index is 2.50. The van der Waals surface area contributed by atoms with Crippen molar-refractivity contribution in [2.75, 3.05) is 7.05 Å². The molecule has 0 radical (unpaired) electrons. The van der Waals surface area contributed by atoms with Crippen LogP contribution in [0.25, 0.3) is 5.69 Å². The molecule has 84 valence electrons. The van der Waals surface area contributed by atoms with Crippen LogP contribution in [-0.2, 0) is 6.54 Å². The van der Waals surface area contributed by atoms with Gasteiger partial charge in [0.2, 0.25) is 0 Å². The number of rotatable bonds is 3. The van der Waals surface area contributed by atoms with Gasteiger partial charge >= 0.3 is 0 Å². The molecule has 1 aromatic carbocycles. The Morgan fingerprint density at radius 1 is 1.50 bits per heavy atom. The summed E-state index contributed by atoms with van der Waals surface area (Å²) in [7, 11) is 1.88. The van der Waals surface area contributed by atoms with Gasteiger partial charge < -0.3 is 5.32 Å². The van der Waals surface area contributed by atoms with Gasteiger partial charge in [0.1, 0.15) is 0 Å². The predicted octanol–water partition coefficient (Wildman–Crippen LogP) is 2.40. The molecule has 0 aliphatic rings. The Hall–Kier alpha value is -0.910. The first-order chi connectivity index (χ1) is 7.74. The minimum atomic E-state index is 0.656. The molecule has 2 aromatic rings. The van der Waals surface area contributed by atoms with E-state index < -0.39 is 0 Å². The van der Waals surface area contributed by atoms with Crippen LogP contribution in [0.1, 0.15) is 5.69 Å². The van der Waals surface area contributed by atoms with E-state index in [1.807, 2.05) is 25.2 Å². The van der Waals surface area contributed by atoms with Crippen molar-refractivity contribution in [3.05, 3.63) is 39.6 Å². The lowest BCUT2D eigenvalue weighted by atomic mass is 10.3. The minimum Gasteiger partial charge on any atom is -0.314 e. The second kappa shape index (κ2) is 4.95. The van der Waals surface area contributed by atoms with E-state index in [0.717, 1.165) is 15.9 Å². The molecule has 0 spiro atoms. The maximum absolute atomic E-state index is 6.04. The fourth-order valence-corrected chi connectivity index (χ4v) is 2.02. The molecular weight excluding hydrogens is 291 g/mol. The molecule has 0 bridgehead atoms. The van der Waals surface area contributed by atoms with Crippen molar-refractivity contribution in [3.63, 3.8) is 0 Å². The van der Waals surface area contributed by atoms with Gasteiger partial charge in [-0.3, -0.25) is 0 Å². The van der Waals surface area contributed by atoms with E-state index in [9.17, 15) is 0 Å². The largest absolute Gasteiger partial charge is 0.314 e. The standard InChI is InChI=1S/C10H10BrClN4/c1-13-5-7-6-14-15-16(7)9-4-2-3-8(12)10(9)11/h2-4,6,13H,5H2,1H3. The molecular formula is C10H10BrClN4. The number of hydrogen-bond acceptors (Lipinski definition) is 3. The first-order valence-corrected chi connectivity index (χ1v) is 5.89. The first-order valence-electron chi connectivity index (χ1n) is 4.72. The molecule has 1 aromatic heterocycles. The molecule has 4 nitrogen and oxygen atoms in total. The molecule has 0 saturated heterocycles. The third kappa shape index (κ3) is 2.11. The van der Waals surface area contributed by atoms with Gasteiger partial charge in [-0.05, 0) is 35.1 Å². The molecule has 2 rings (SSSR count). The Bertz CT molecular complexity index is 497. The second-order valence-electron chi connectivity index (χ2n) is 3.24. The first kappa shape index (κ1) is 11.6. The number of hydrogen-bond donors (Lipinski definition) is 1. The van der Waals surface area contributed by atoms with Crippen LogP contribution in [0.2, 0.25) is 5.02 Å². The van der Waals surface area contributed by atoms with E-state index >= 15 is 0 Å². The van der Waals surface area contributed by atoms with Crippen LogP contribution in [0, 0.1) is 0 Å². The molecule has 1 heterocycles. The highest BCUT2D eigenvalue weighted by Crippen LogP contribution is 2.28. The van der Waals surface area contributed by atoms with Gasteiger partial charge in [0.05, 0.1) is 27.1 Å². The lowest BCUT2D eigenvalue weighted by Crippen LogP contribution is -2.11. The summed E-state index contributed by atoms with van der Waals surface area (Å²) in [5.41, 5.74) is 1.86. The lowest BCUT2D eigenvalue weighted by molar-refractivity contribution is 0.712. The summed E-state index contributed by atoms with van der Waals surface area (Å²) in [6, 6.07) is 5.64. The lowest BCUT2D eigenvalue weighted by Gasteiger charge is -2.08. The van der Waals surface area contributed by atoms with E-state index in [-0.39, 0.29) is 0 Å². The van der Waals surface area contributed by atoms with Crippen molar-refractivity contribution in [3.8, 4) is 5.69 Å². The SMILES string of the molecule is CNCc1cnnn1-c1cccc(Cl)c1Br. The maximum atomic E-state index is 6.04. The molecule has 0 atom stereocenters. The highest BCUT2D eigenvalue weighted by atomic mass is 79.9. The normalized spacial score (nSPS) is 10.7. The molecule has 0 aliphatic heterocycles. The van der Waals surface area contributed by atoms with E-state index in [4.69, 9.17) is 11.6 Å². The van der Waals surface area contributed by atoms with Crippen LogP contribution >= 0.6 is 27.5 Å². The molecule has 0 amide bonds. The van der Waals surface area contributed by atoms with Gasteiger partial charge in [-0.1, -0.05) is 22.9 Å². The molecule has 0 saturated carbocycles. The van der Waals surface area contributed by atoms with Crippen molar-refractivity contribution in [1.82, 2.24) is 20.3 Å². The zero-order valence-corrected chi connectivity index (χ0v) is 11.0. The number of halogens is 2. The highest BCUT2D eigenvalue weighted by molar-refractivity contribution is 9.10. The molecule has 16 heavy (non-hydrogen) atoms. The van der Waals surface area contributed by atoms with Gasteiger partial charge in [-0.25, -0.2) is 4.68 Å². The third-order valence-corrected chi connectivity index (χ3v) is 3.51. The Morgan fingerprint density at radius 2 is 2.31 bits per heavy atom. The number of benzene rings is 1. The number of aromatic nitrogens is 3. The van der Waals surface area contributed by atoms with E-state index in [1.165, 1.54) is 0 Å². The van der Waals surface area contributed by atoms with Crippen LogP contribution in [0.15, 0.2) is 28.9 Å². The second-order valence-corrected chi connectivity index (χ2v) is 4.44. The van der Waals surface area contributed by atoms with E-state index in [2.05, 4.69) is 31.6 Å². The van der Waals surface area contributed by atoms with Crippen LogP contribution in [0.3, 0.4) is 0 Å². The van der Waals surface area contributed by atoms with E-state index in [0.29, 0.717) is 11.6 Å². The van der Waals surface area contributed by atoms with Crippen LogP contribution in [0.4, 0.5) is 0 Å². The minimum absolute atomic E-state index is 0.656. The number of nitrogens with one attached hydrogen (secondary N) is 1. The Morgan fingerprint density at radius 3 is 3.06 bits per heavy atom. The average molecular weight is 302 g/mol. The molecule has 0 fully saturated rings. The van der Waals surface area contributed by atoms with Crippen LogP contribution in [-0.4, -0.2) is 22.0 Å².